The molecule has 0 fully saturated rings. The number of rotatable bonds is 15. The number of hydrogen-bond donors (Lipinski definition) is 12. The Kier molecular flexibility index (Phi) is 62.9. The third-order valence-electron chi connectivity index (χ3n) is 4.37. The molecular formula is C24H66O12P4S4. The highest BCUT2D eigenvalue weighted by Gasteiger charge is 1.93. The molecule has 0 spiro atoms. The van der Waals surface area contributed by atoms with Gasteiger partial charge in [-0.15, -0.1) is 0 Å². The molecule has 0 rings (SSSR count). The van der Waals surface area contributed by atoms with Gasteiger partial charge in [0.1, 0.15) is 0 Å². The van der Waals surface area contributed by atoms with E-state index >= 15 is 0 Å². The Morgan fingerprint density at radius 3 is 0.364 bits per heavy atom. The van der Waals surface area contributed by atoms with E-state index in [9.17, 15) is 0 Å². The van der Waals surface area contributed by atoms with E-state index in [0.717, 1.165) is 0 Å². The van der Waals surface area contributed by atoms with E-state index in [0.29, 0.717) is 0 Å². The zero-order chi connectivity index (χ0) is 36.7. The monoisotopic (exact) mass is 798 g/mol. The predicted molar refractivity (Wildman–Crippen MR) is 201 cm³/mol. The number of hydrogen-bond acceptors (Lipinski definition) is 4. The van der Waals surface area contributed by atoms with Crippen LogP contribution in [0.25, 0.3) is 0 Å². The molecule has 0 aliphatic heterocycles. The molecule has 0 unspecified atom stereocenters. The average molecular weight is 799 g/mol. The van der Waals surface area contributed by atoms with Crippen LogP contribution in [0.3, 0.4) is 0 Å². The molecule has 0 aromatic rings. The highest BCUT2D eigenvalue weighted by atomic mass is 32.5. The highest BCUT2D eigenvalue weighted by Crippen LogP contribution is 2.27. The first-order valence-electron chi connectivity index (χ1n) is 14.9. The second-order valence-corrected chi connectivity index (χ2v) is 19.3. The topological polar surface area (TPSA) is 243 Å². The minimum atomic E-state index is -3.81. The van der Waals surface area contributed by atoms with Crippen LogP contribution >= 0.6 is 26.9 Å². The smallest absolute Gasteiger partial charge is 0.319 e. The first kappa shape index (κ1) is 61.4. The van der Waals surface area contributed by atoms with Crippen LogP contribution < -0.4 is 0 Å². The Morgan fingerprint density at radius 2 is 0.318 bits per heavy atom. The van der Waals surface area contributed by atoms with E-state index in [4.69, 9.17) is 58.7 Å². The molecule has 12 N–H and O–H groups in total. The maximum absolute atomic E-state index is 7.56. The minimum Gasteiger partial charge on any atom is -0.325 e. The zero-order valence-corrected chi connectivity index (χ0v) is 34.4. The van der Waals surface area contributed by atoms with E-state index in [1.807, 2.05) is 0 Å². The lowest BCUT2D eigenvalue weighted by Gasteiger charge is -1.93. The van der Waals surface area contributed by atoms with E-state index in [2.05, 4.69) is 88.8 Å². The standard InChI is InChI=1S/3C8H18.4H3O3PS/c3*1-3-5-7-8-6-4-2;4*1-4(2,3)5/h3*3-8H2,1-2H3;4*(H3,1,2,3,5). The first-order chi connectivity index (χ1) is 19.7. The van der Waals surface area contributed by atoms with Crippen molar-refractivity contribution in [3.63, 3.8) is 0 Å². The average Bonchev–Trinajstić information content (AvgIpc) is 2.79. The maximum Gasteiger partial charge on any atom is 0.319 e. The predicted octanol–water partition coefficient (Wildman–Crippen LogP) is 6.85. The molecule has 0 bridgehead atoms. The Bertz CT molecular complexity index is 543. The molecule has 0 aliphatic carbocycles. The summed E-state index contributed by atoms with van der Waals surface area (Å²) in [5.41, 5.74) is 0. The Morgan fingerprint density at radius 1 is 0.250 bits per heavy atom. The molecule has 0 saturated heterocycles. The van der Waals surface area contributed by atoms with Gasteiger partial charge in [-0.25, -0.2) is 0 Å². The first-order valence-corrected chi connectivity index (χ1v) is 25.5. The van der Waals surface area contributed by atoms with Gasteiger partial charge in [-0.2, -0.15) is 0 Å². The summed E-state index contributed by atoms with van der Waals surface area (Å²) in [6.45, 7) is -1.69. The van der Waals surface area contributed by atoms with Crippen LogP contribution in [-0.4, -0.2) is 58.7 Å². The molecule has 0 atom stereocenters. The van der Waals surface area contributed by atoms with E-state index in [1.54, 1.807) is 0 Å². The summed E-state index contributed by atoms with van der Waals surface area (Å²) in [5.74, 6) is 0. The van der Waals surface area contributed by atoms with Gasteiger partial charge in [0.2, 0.25) is 0 Å². The van der Waals surface area contributed by atoms with Crippen LogP contribution in [-0.2, 0) is 47.2 Å². The number of unbranched alkanes of at least 4 members (excludes halogenated alkanes) is 15. The van der Waals surface area contributed by atoms with Gasteiger partial charge in [-0.1, -0.05) is 157 Å². The molecule has 12 nitrogen and oxygen atoms in total. The summed E-state index contributed by atoms with van der Waals surface area (Å²) < 4.78 is 0. The normalized spacial score (nSPS) is 10.7. The summed E-state index contributed by atoms with van der Waals surface area (Å²) >= 11 is 14.4. The molecule has 0 saturated carbocycles. The Balaban J connectivity index is -0.0000000735. The molecule has 0 radical (unpaired) electrons. The van der Waals surface area contributed by atoms with Gasteiger partial charge in [0.25, 0.3) is 0 Å². The summed E-state index contributed by atoms with van der Waals surface area (Å²) in [6, 6.07) is 0. The van der Waals surface area contributed by atoms with Crippen molar-refractivity contribution in [3.05, 3.63) is 0 Å². The van der Waals surface area contributed by atoms with Gasteiger partial charge in [0.05, 0.1) is 0 Å². The van der Waals surface area contributed by atoms with Crippen molar-refractivity contribution in [1.82, 2.24) is 0 Å². The second kappa shape index (κ2) is 45.1. The Labute approximate surface area is 288 Å². The summed E-state index contributed by atoms with van der Waals surface area (Å²) in [6.07, 6.45) is 25.5. The molecule has 0 amide bonds. The van der Waals surface area contributed by atoms with Crippen LogP contribution in [0.2, 0.25) is 0 Å². The zero-order valence-electron chi connectivity index (χ0n) is 27.5. The summed E-state index contributed by atoms with van der Waals surface area (Å²) in [7, 11) is 0. The van der Waals surface area contributed by atoms with Gasteiger partial charge in [0, 0.05) is 0 Å². The van der Waals surface area contributed by atoms with Crippen molar-refractivity contribution >= 4 is 74.1 Å². The molecule has 0 aromatic carbocycles. The fourth-order valence-corrected chi connectivity index (χ4v) is 2.56. The highest BCUT2D eigenvalue weighted by molar-refractivity contribution is 8.07. The van der Waals surface area contributed by atoms with Crippen molar-refractivity contribution in [2.24, 2.45) is 0 Å². The van der Waals surface area contributed by atoms with Gasteiger partial charge in [-0.3, -0.25) is 0 Å². The van der Waals surface area contributed by atoms with Crippen LogP contribution in [0.1, 0.15) is 157 Å². The largest absolute Gasteiger partial charge is 0.325 e. The van der Waals surface area contributed by atoms with Gasteiger partial charge in [0.15, 0.2) is 0 Å². The molecule has 0 aliphatic rings. The van der Waals surface area contributed by atoms with Crippen molar-refractivity contribution < 1.29 is 58.7 Å². The fraction of sp³-hybridized carbons (Fsp3) is 1.00. The van der Waals surface area contributed by atoms with Crippen molar-refractivity contribution in [2.45, 2.75) is 157 Å². The molecule has 278 valence electrons. The fourth-order valence-electron chi connectivity index (χ4n) is 2.56. The van der Waals surface area contributed by atoms with Gasteiger partial charge < -0.3 is 58.7 Å². The second-order valence-electron chi connectivity index (χ2n) is 9.30. The summed E-state index contributed by atoms with van der Waals surface area (Å²) in [5, 5.41) is 0. The van der Waals surface area contributed by atoms with Crippen LogP contribution in [0.15, 0.2) is 0 Å². The SMILES string of the molecule is CCCCCCCC.CCCCCCCC.CCCCCCCC.OP(O)(O)=S.OP(O)(O)=S.OP(O)(O)=S.OP(O)(O)=S. The lowest BCUT2D eigenvalue weighted by atomic mass is 10.1. The quantitative estimate of drug-likeness (QED) is 0.0599. The van der Waals surface area contributed by atoms with E-state index in [1.165, 1.54) is 116 Å². The van der Waals surface area contributed by atoms with Crippen LogP contribution in [0.5, 0.6) is 0 Å². The van der Waals surface area contributed by atoms with E-state index in [-0.39, 0.29) is 0 Å². The third kappa shape index (κ3) is 280. The molecular weight excluding hydrogens is 732 g/mol. The van der Waals surface area contributed by atoms with Crippen molar-refractivity contribution in [3.8, 4) is 0 Å². The van der Waals surface area contributed by atoms with E-state index < -0.39 is 26.9 Å². The molecule has 0 aromatic heterocycles. The van der Waals surface area contributed by atoms with Crippen molar-refractivity contribution in [2.75, 3.05) is 0 Å². The van der Waals surface area contributed by atoms with Gasteiger partial charge in [-0.05, 0) is 47.2 Å². The van der Waals surface area contributed by atoms with Crippen molar-refractivity contribution in [1.29, 1.82) is 0 Å². The third-order valence-corrected chi connectivity index (χ3v) is 4.37. The van der Waals surface area contributed by atoms with Crippen LogP contribution in [0, 0.1) is 0 Å². The van der Waals surface area contributed by atoms with Gasteiger partial charge >= 0.3 is 26.9 Å². The van der Waals surface area contributed by atoms with Crippen LogP contribution in [0.4, 0.5) is 0 Å². The summed E-state index contributed by atoms with van der Waals surface area (Å²) in [4.78, 5) is 90.7. The Hall–Kier alpha value is 2.12. The molecule has 44 heavy (non-hydrogen) atoms. The molecule has 0 heterocycles. The lowest BCUT2D eigenvalue weighted by Crippen LogP contribution is -1.73. The molecule has 20 heteroatoms. The minimum absolute atomic E-state index is 1.36. The maximum atomic E-state index is 7.56. The lowest BCUT2D eigenvalue weighted by molar-refractivity contribution is 0.361.